The molecule has 0 aromatic heterocycles. The number of nitrogens with one attached hydrogen (secondary N) is 1. The van der Waals surface area contributed by atoms with E-state index >= 15 is 0 Å². The van der Waals surface area contributed by atoms with E-state index in [1.54, 1.807) is 0 Å². The third-order valence-corrected chi connectivity index (χ3v) is 9.35. The predicted octanol–water partition coefficient (Wildman–Crippen LogP) is 4.67. The summed E-state index contributed by atoms with van der Waals surface area (Å²) in [7, 11) is 1.88. The van der Waals surface area contributed by atoms with Crippen LogP contribution in [0.4, 0.5) is 5.69 Å². The number of nitrogens with zero attached hydrogens (tertiary/aromatic N) is 2. The molecule has 0 heterocycles. The summed E-state index contributed by atoms with van der Waals surface area (Å²) in [5, 5.41) is 0. The number of anilines is 1. The quantitative estimate of drug-likeness (QED) is 0.382. The maximum Gasteiger partial charge on any atom is 0.321 e. The highest BCUT2D eigenvalue weighted by molar-refractivity contribution is 5.95. The minimum atomic E-state index is 0.0789. The van der Waals surface area contributed by atoms with E-state index < -0.39 is 0 Å². The van der Waals surface area contributed by atoms with Gasteiger partial charge in [0.05, 0.1) is 0 Å². The fourth-order valence-electron chi connectivity index (χ4n) is 8.61. The third-order valence-electron chi connectivity index (χ3n) is 9.35. The van der Waals surface area contributed by atoms with Gasteiger partial charge in [0.1, 0.15) is 6.04 Å². The largest absolute Gasteiger partial charge is 0.321 e. The molecule has 0 radical (unpaired) electrons. The number of benzene rings is 1. The van der Waals surface area contributed by atoms with Crippen LogP contribution in [0.1, 0.15) is 71.1 Å². The molecule has 6 rings (SSSR count). The maximum absolute atomic E-state index is 14.0. The zero-order valence-corrected chi connectivity index (χ0v) is 19.8. The van der Waals surface area contributed by atoms with Crippen LogP contribution in [-0.2, 0) is 9.59 Å². The van der Waals surface area contributed by atoms with Crippen LogP contribution in [0.2, 0.25) is 0 Å². The van der Waals surface area contributed by atoms with Gasteiger partial charge in [-0.1, -0.05) is 44.4 Å². The molecule has 174 valence electrons. The molecule has 32 heavy (non-hydrogen) atoms. The molecule has 5 aliphatic carbocycles. The first kappa shape index (κ1) is 22.1. The lowest BCUT2D eigenvalue weighted by molar-refractivity contribution is -0.919. The fraction of sp³-hybridized carbons (Fsp3) is 0.704. The van der Waals surface area contributed by atoms with Crippen molar-refractivity contribution in [3.63, 3.8) is 0 Å². The van der Waals surface area contributed by atoms with Gasteiger partial charge in [-0.3, -0.25) is 4.79 Å². The van der Waals surface area contributed by atoms with Gasteiger partial charge >= 0.3 is 6.41 Å². The lowest BCUT2D eigenvalue weighted by atomic mass is 9.47. The Bertz CT molecular complexity index is 823. The summed E-state index contributed by atoms with van der Waals surface area (Å²) in [6.45, 7) is 2.61. The van der Waals surface area contributed by atoms with Crippen molar-refractivity contribution in [1.82, 2.24) is 5.43 Å². The van der Waals surface area contributed by atoms with Gasteiger partial charge in [-0.2, -0.15) is 10.0 Å². The molecular weight excluding hydrogens is 398 g/mol. The summed E-state index contributed by atoms with van der Waals surface area (Å²) in [5.74, 6) is 2.26. The highest BCUT2D eigenvalue weighted by Crippen LogP contribution is 2.62. The average molecular weight is 439 g/mol. The fourth-order valence-corrected chi connectivity index (χ4v) is 8.61. The summed E-state index contributed by atoms with van der Waals surface area (Å²) in [6, 6.07) is 10.5. The number of amides is 2. The maximum atomic E-state index is 14.0. The van der Waals surface area contributed by atoms with Crippen LogP contribution >= 0.6 is 0 Å². The third kappa shape index (κ3) is 3.71. The van der Waals surface area contributed by atoms with Gasteiger partial charge in [-0.15, -0.1) is 0 Å². The Labute approximate surface area is 193 Å². The van der Waals surface area contributed by atoms with Gasteiger partial charge in [0.25, 0.3) is 5.91 Å². The molecule has 1 aromatic carbocycles. The van der Waals surface area contributed by atoms with E-state index in [9.17, 15) is 9.59 Å². The van der Waals surface area contributed by atoms with E-state index in [4.69, 9.17) is 0 Å². The Kier molecular flexibility index (Phi) is 5.91. The minimum Gasteiger partial charge on any atom is -0.304 e. The Morgan fingerprint density at radius 2 is 1.75 bits per heavy atom. The second kappa shape index (κ2) is 8.57. The average Bonchev–Trinajstić information content (AvgIpc) is 2.78. The number of para-hydroxylation sites is 1. The van der Waals surface area contributed by atoms with Crippen molar-refractivity contribution in [2.24, 2.45) is 23.2 Å². The molecule has 0 spiro atoms. The smallest absolute Gasteiger partial charge is 0.304 e. The Balaban J connectivity index is 1.46. The molecule has 4 atom stereocenters. The van der Waals surface area contributed by atoms with E-state index in [0.717, 1.165) is 36.8 Å². The number of carbonyl (C=O) groups is 2. The highest BCUT2D eigenvalue weighted by atomic mass is 16.2. The number of quaternary nitrogens is 1. The van der Waals surface area contributed by atoms with Crippen LogP contribution < -0.4 is 10.3 Å². The zero-order chi connectivity index (χ0) is 22.3. The molecule has 4 bridgehead atoms. The SMILES string of the molecule is CN[N+](C=O)(CC(=O)N(c1ccccc1)C1CCCCC1)C1C2CC3CC(C2)CC1(C)C3. The van der Waals surface area contributed by atoms with Gasteiger partial charge < -0.3 is 4.90 Å². The van der Waals surface area contributed by atoms with Crippen molar-refractivity contribution in [1.29, 1.82) is 0 Å². The molecule has 1 N–H and O–H groups in total. The summed E-state index contributed by atoms with van der Waals surface area (Å²) >= 11 is 0. The lowest BCUT2D eigenvalue weighted by Gasteiger charge is -2.62. The van der Waals surface area contributed by atoms with Crippen LogP contribution in [0.3, 0.4) is 0 Å². The number of hydrogen-bond donors (Lipinski definition) is 1. The van der Waals surface area contributed by atoms with Crippen LogP contribution in [0.25, 0.3) is 0 Å². The van der Waals surface area contributed by atoms with Gasteiger partial charge in [-0.05, 0) is 68.9 Å². The van der Waals surface area contributed by atoms with Crippen molar-refractivity contribution >= 4 is 18.0 Å². The summed E-state index contributed by atoms with van der Waals surface area (Å²) in [5.41, 5.74) is 4.49. The summed E-state index contributed by atoms with van der Waals surface area (Å²) in [6.07, 6.45) is 13.0. The van der Waals surface area contributed by atoms with E-state index in [-0.39, 0.29) is 34.5 Å². The van der Waals surface area contributed by atoms with Crippen LogP contribution in [0.5, 0.6) is 0 Å². The van der Waals surface area contributed by atoms with E-state index in [2.05, 4.69) is 12.3 Å². The molecule has 0 saturated heterocycles. The molecule has 0 aliphatic heterocycles. The molecular formula is C27H40N3O2+. The first-order valence-electron chi connectivity index (χ1n) is 12.9. The second-order valence-electron chi connectivity index (χ2n) is 11.5. The lowest BCUT2D eigenvalue weighted by Crippen LogP contribution is -2.74. The zero-order valence-electron chi connectivity index (χ0n) is 19.8. The minimum absolute atomic E-state index is 0.0789. The number of hydrogen-bond acceptors (Lipinski definition) is 3. The molecule has 5 heteroatoms. The highest BCUT2D eigenvalue weighted by Gasteiger charge is 2.63. The monoisotopic (exact) mass is 438 g/mol. The molecule has 5 nitrogen and oxygen atoms in total. The normalized spacial score (nSPS) is 35.9. The predicted molar refractivity (Wildman–Crippen MR) is 127 cm³/mol. The van der Waals surface area contributed by atoms with Gasteiger partial charge in [0.15, 0.2) is 6.54 Å². The van der Waals surface area contributed by atoms with Crippen molar-refractivity contribution < 1.29 is 14.2 Å². The molecule has 2 amide bonds. The first-order chi connectivity index (χ1) is 15.5. The van der Waals surface area contributed by atoms with Gasteiger partial charge in [-0.25, -0.2) is 4.79 Å². The Hall–Kier alpha value is -1.72. The molecule has 5 saturated carbocycles. The van der Waals surface area contributed by atoms with Crippen molar-refractivity contribution in [2.75, 3.05) is 18.5 Å². The Morgan fingerprint density at radius 1 is 1.09 bits per heavy atom. The van der Waals surface area contributed by atoms with Crippen molar-refractivity contribution in [2.45, 2.75) is 83.2 Å². The van der Waals surface area contributed by atoms with E-state index in [1.807, 2.05) is 42.3 Å². The van der Waals surface area contributed by atoms with Gasteiger partial charge in [0, 0.05) is 30.1 Å². The molecule has 5 fully saturated rings. The van der Waals surface area contributed by atoms with Crippen molar-refractivity contribution in [3.05, 3.63) is 30.3 Å². The van der Waals surface area contributed by atoms with Crippen LogP contribution in [0.15, 0.2) is 30.3 Å². The van der Waals surface area contributed by atoms with Crippen molar-refractivity contribution in [3.8, 4) is 0 Å². The topological polar surface area (TPSA) is 49.4 Å². The number of carbonyl (C=O) groups excluding carboxylic acids is 2. The van der Waals surface area contributed by atoms with Crippen LogP contribution in [0, 0.1) is 23.2 Å². The van der Waals surface area contributed by atoms with E-state index in [1.165, 1.54) is 51.4 Å². The van der Waals surface area contributed by atoms with Gasteiger partial charge in [0.2, 0.25) is 0 Å². The van der Waals surface area contributed by atoms with E-state index in [0.29, 0.717) is 5.92 Å². The summed E-state index contributed by atoms with van der Waals surface area (Å²) in [4.78, 5) is 28.9. The number of rotatable bonds is 7. The Morgan fingerprint density at radius 3 is 2.31 bits per heavy atom. The standard InChI is InChI=1S/C27H40N3O2/c1-27-16-20-13-21(17-27)15-22(14-20)26(27)30(19-31,28-2)18-25(32)29(23-9-5-3-6-10-23)24-11-7-4-8-12-24/h3,5-6,9-10,19-22,24,26,28H,4,7-8,11-18H2,1-2H3/q+1. The summed E-state index contributed by atoms with van der Waals surface area (Å²) < 4.78 is 0.0789. The van der Waals surface area contributed by atoms with Crippen LogP contribution in [-0.4, -0.2) is 42.6 Å². The molecule has 5 aliphatic rings. The first-order valence-corrected chi connectivity index (χ1v) is 12.9. The second-order valence-corrected chi connectivity index (χ2v) is 11.5. The molecule has 1 aromatic rings. The molecule has 4 unspecified atom stereocenters.